The molecule has 1 fully saturated rings. The Morgan fingerprint density at radius 3 is 3.05 bits per heavy atom. The topological polar surface area (TPSA) is 91.1 Å². The molecule has 2 atom stereocenters. The van der Waals surface area contributed by atoms with E-state index in [1.807, 2.05) is 11.8 Å². The maximum absolute atomic E-state index is 13.8. The zero-order valence-electron chi connectivity index (χ0n) is 11.8. The number of H-pyrrole nitrogens is 1. The fourth-order valence-corrected chi connectivity index (χ4v) is 2.65. The minimum Gasteiger partial charge on any atom is -0.508 e. The van der Waals surface area contributed by atoms with Crippen molar-refractivity contribution in [2.45, 2.75) is 31.8 Å². The summed E-state index contributed by atoms with van der Waals surface area (Å²) in [5, 5.41) is 16.2. The van der Waals surface area contributed by atoms with Gasteiger partial charge in [0.05, 0.1) is 5.56 Å². The number of nitrogens with zero attached hydrogens (tertiary/aromatic N) is 3. The molecule has 0 amide bonds. The van der Waals surface area contributed by atoms with Crippen LogP contribution in [0.2, 0.25) is 0 Å². The first-order chi connectivity index (χ1) is 10.1. The number of piperidine rings is 1. The second-order valence-electron chi connectivity index (χ2n) is 5.39. The second kappa shape index (κ2) is 5.33. The number of aromatic hydroxyl groups is 1. The van der Waals surface area contributed by atoms with Crippen LogP contribution in [-0.4, -0.2) is 38.9 Å². The first-order valence-electron chi connectivity index (χ1n) is 7.00. The molecule has 1 saturated heterocycles. The Hall–Kier alpha value is -2.15. The predicted molar refractivity (Wildman–Crippen MR) is 77.5 cm³/mol. The number of phenolic OH excluding ortho intramolecular Hbond substituents is 1. The fraction of sp³-hybridized carbons (Fsp3) is 0.429. The van der Waals surface area contributed by atoms with Crippen molar-refractivity contribution in [3.63, 3.8) is 0 Å². The Morgan fingerprint density at radius 1 is 1.48 bits per heavy atom. The quantitative estimate of drug-likeness (QED) is 0.782. The summed E-state index contributed by atoms with van der Waals surface area (Å²) in [4.78, 5) is 6.40. The first kappa shape index (κ1) is 13.8. The maximum atomic E-state index is 13.8. The summed E-state index contributed by atoms with van der Waals surface area (Å²) in [7, 11) is 0. The van der Waals surface area contributed by atoms with Gasteiger partial charge in [-0.25, -0.2) is 4.39 Å². The third-order valence-corrected chi connectivity index (χ3v) is 3.99. The lowest BCUT2D eigenvalue weighted by Gasteiger charge is -2.36. The van der Waals surface area contributed by atoms with Crippen molar-refractivity contribution in [1.82, 2.24) is 15.2 Å². The van der Waals surface area contributed by atoms with Crippen LogP contribution in [0.25, 0.3) is 11.4 Å². The van der Waals surface area contributed by atoms with E-state index in [1.165, 1.54) is 12.1 Å². The van der Waals surface area contributed by atoms with Crippen molar-refractivity contribution in [2.24, 2.45) is 5.73 Å². The molecule has 0 radical (unpaired) electrons. The number of nitrogens with two attached hydrogens (primary N) is 1. The van der Waals surface area contributed by atoms with Crippen molar-refractivity contribution in [2.75, 3.05) is 11.4 Å². The number of nitrogens with one attached hydrogen (secondary N) is 1. The number of anilines is 1. The molecule has 1 aliphatic heterocycles. The third kappa shape index (κ3) is 2.56. The van der Waals surface area contributed by atoms with Crippen LogP contribution in [0.15, 0.2) is 18.2 Å². The Labute approximate surface area is 121 Å². The molecule has 112 valence electrons. The van der Waals surface area contributed by atoms with E-state index < -0.39 is 5.82 Å². The number of hydrogen-bond donors (Lipinski definition) is 3. The number of halogens is 1. The molecule has 6 nitrogen and oxygen atoms in total. The van der Waals surface area contributed by atoms with Gasteiger partial charge >= 0.3 is 0 Å². The van der Waals surface area contributed by atoms with Gasteiger partial charge < -0.3 is 15.7 Å². The molecule has 0 spiro atoms. The van der Waals surface area contributed by atoms with Gasteiger partial charge in [-0.1, -0.05) is 0 Å². The van der Waals surface area contributed by atoms with E-state index in [9.17, 15) is 9.50 Å². The summed E-state index contributed by atoms with van der Waals surface area (Å²) < 4.78 is 13.8. The van der Waals surface area contributed by atoms with Crippen molar-refractivity contribution in [3.8, 4) is 17.1 Å². The average molecular weight is 291 g/mol. The molecule has 7 heteroatoms. The fourth-order valence-electron chi connectivity index (χ4n) is 2.65. The number of aromatic nitrogens is 3. The smallest absolute Gasteiger partial charge is 0.245 e. The highest BCUT2D eigenvalue weighted by Crippen LogP contribution is 2.26. The monoisotopic (exact) mass is 291 g/mol. The Bertz CT molecular complexity index is 644. The van der Waals surface area contributed by atoms with Crippen molar-refractivity contribution < 1.29 is 9.50 Å². The molecule has 4 N–H and O–H groups in total. The van der Waals surface area contributed by atoms with E-state index in [2.05, 4.69) is 15.2 Å². The van der Waals surface area contributed by atoms with Crippen LogP contribution in [0.1, 0.15) is 19.8 Å². The van der Waals surface area contributed by atoms with Gasteiger partial charge in [-0.2, -0.15) is 4.98 Å². The highest BCUT2D eigenvalue weighted by molar-refractivity contribution is 5.58. The van der Waals surface area contributed by atoms with Gasteiger partial charge in [0.15, 0.2) is 5.82 Å². The van der Waals surface area contributed by atoms with Gasteiger partial charge in [-0.3, -0.25) is 5.10 Å². The van der Waals surface area contributed by atoms with Gasteiger partial charge in [0, 0.05) is 24.7 Å². The van der Waals surface area contributed by atoms with Crippen LogP contribution in [0.5, 0.6) is 5.75 Å². The lowest BCUT2D eigenvalue weighted by Crippen LogP contribution is -2.50. The zero-order chi connectivity index (χ0) is 15.0. The Balaban J connectivity index is 1.89. The van der Waals surface area contributed by atoms with Gasteiger partial charge in [0.1, 0.15) is 11.6 Å². The standard InChI is InChI=1S/C14H18FN5O/c1-8-12(16)3-2-6-20(8)14-17-13(18-19-14)10-5-4-9(21)7-11(10)15/h4-5,7-8,12,21H,2-3,6,16H2,1H3,(H,17,18,19). The number of hydrogen-bond acceptors (Lipinski definition) is 5. The zero-order valence-corrected chi connectivity index (χ0v) is 11.8. The number of phenols is 1. The predicted octanol–water partition coefficient (Wildman–Crippen LogP) is 1.63. The summed E-state index contributed by atoms with van der Waals surface area (Å²) in [6.45, 7) is 2.88. The third-order valence-electron chi connectivity index (χ3n) is 3.99. The van der Waals surface area contributed by atoms with Crippen molar-refractivity contribution in [1.29, 1.82) is 0 Å². The molecule has 0 aliphatic carbocycles. The van der Waals surface area contributed by atoms with Gasteiger partial charge in [-0.05, 0) is 31.9 Å². The minimum atomic E-state index is -0.541. The van der Waals surface area contributed by atoms with Gasteiger partial charge in [-0.15, -0.1) is 5.10 Å². The van der Waals surface area contributed by atoms with Gasteiger partial charge in [0.25, 0.3) is 0 Å². The molecule has 2 heterocycles. The highest BCUT2D eigenvalue weighted by atomic mass is 19.1. The Kier molecular flexibility index (Phi) is 3.50. The molecule has 0 bridgehead atoms. The summed E-state index contributed by atoms with van der Waals surface area (Å²) in [6.07, 6.45) is 1.98. The Morgan fingerprint density at radius 2 is 2.29 bits per heavy atom. The van der Waals surface area contributed by atoms with E-state index in [4.69, 9.17) is 5.73 Å². The van der Waals surface area contributed by atoms with E-state index in [0.717, 1.165) is 25.5 Å². The van der Waals surface area contributed by atoms with Crippen LogP contribution in [-0.2, 0) is 0 Å². The minimum absolute atomic E-state index is 0.0890. The summed E-state index contributed by atoms with van der Waals surface area (Å²) in [6, 6.07) is 4.18. The van der Waals surface area contributed by atoms with E-state index in [-0.39, 0.29) is 23.4 Å². The maximum Gasteiger partial charge on any atom is 0.245 e. The van der Waals surface area contributed by atoms with Crippen LogP contribution in [0, 0.1) is 5.82 Å². The van der Waals surface area contributed by atoms with Crippen molar-refractivity contribution >= 4 is 5.95 Å². The van der Waals surface area contributed by atoms with E-state index >= 15 is 0 Å². The number of rotatable bonds is 2. The van der Waals surface area contributed by atoms with Crippen molar-refractivity contribution in [3.05, 3.63) is 24.0 Å². The SMILES string of the molecule is CC1C(N)CCCN1c1n[nH]c(-c2ccc(O)cc2F)n1. The molecule has 21 heavy (non-hydrogen) atoms. The highest BCUT2D eigenvalue weighted by Gasteiger charge is 2.28. The molecule has 1 aliphatic rings. The van der Waals surface area contributed by atoms with Crippen LogP contribution in [0.3, 0.4) is 0 Å². The molecule has 0 saturated carbocycles. The summed E-state index contributed by atoms with van der Waals surface area (Å²) in [5.41, 5.74) is 6.35. The molecule has 1 aromatic heterocycles. The van der Waals surface area contributed by atoms with E-state index in [1.54, 1.807) is 0 Å². The average Bonchev–Trinajstić information content (AvgIpc) is 2.91. The van der Waals surface area contributed by atoms with Crippen LogP contribution < -0.4 is 10.6 Å². The summed E-state index contributed by atoms with van der Waals surface area (Å²) in [5.74, 6) is 0.210. The molecule has 3 rings (SSSR count). The van der Waals surface area contributed by atoms with Crippen LogP contribution in [0.4, 0.5) is 10.3 Å². The molecular weight excluding hydrogens is 273 g/mol. The lowest BCUT2D eigenvalue weighted by molar-refractivity contribution is 0.416. The second-order valence-corrected chi connectivity index (χ2v) is 5.39. The molecule has 2 unspecified atom stereocenters. The normalized spacial score (nSPS) is 22.5. The number of benzene rings is 1. The lowest BCUT2D eigenvalue weighted by atomic mass is 9.99. The molecular formula is C14H18FN5O. The van der Waals surface area contributed by atoms with Crippen LogP contribution >= 0.6 is 0 Å². The van der Waals surface area contributed by atoms with E-state index in [0.29, 0.717) is 11.8 Å². The summed E-state index contributed by atoms with van der Waals surface area (Å²) >= 11 is 0. The first-order valence-corrected chi connectivity index (χ1v) is 7.00. The number of aromatic amines is 1. The largest absolute Gasteiger partial charge is 0.508 e. The van der Waals surface area contributed by atoms with Gasteiger partial charge in [0.2, 0.25) is 5.95 Å². The molecule has 1 aromatic carbocycles. The molecule has 2 aromatic rings.